The molecule has 1 aromatic rings. The lowest BCUT2D eigenvalue weighted by Crippen LogP contribution is -2.45. The minimum Gasteiger partial charge on any atom is -0.496 e. The van der Waals surface area contributed by atoms with Gasteiger partial charge in [0.15, 0.2) is 0 Å². The van der Waals surface area contributed by atoms with E-state index in [1.165, 1.54) is 0 Å². The molecule has 1 N–H and O–H groups in total. The van der Waals surface area contributed by atoms with Crippen LogP contribution < -0.4 is 4.74 Å². The fraction of sp³-hybridized carbons (Fsp3) is 0.562. The lowest BCUT2D eigenvalue weighted by molar-refractivity contribution is -0.149. The number of aliphatic hydroxyl groups is 1. The van der Waals surface area contributed by atoms with Crippen molar-refractivity contribution in [2.75, 3.05) is 14.2 Å². The van der Waals surface area contributed by atoms with Crippen LogP contribution in [0.4, 0.5) is 0 Å². The summed E-state index contributed by atoms with van der Waals surface area (Å²) in [6.45, 7) is 2.49. The number of benzene rings is 1. The molecule has 0 aromatic heterocycles. The zero-order valence-corrected chi connectivity index (χ0v) is 12.5. The Hall–Kier alpha value is -1.55. The SMILES string of the molecule is COc1ccc(CN(C)C(=O)C2(O)CCCC2)cc1C. The molecule has 0 bridgehead atoms. The van der Waals surface area contributed by atoms with Gasteiger partial charge in [-0.3, -0.25) is 4.79 Å². The van der Waals surface area contributed by atoms with Crippen LogP contribution in [-0.4, -0.2) is 35.7 Å². The Morgan fingerprint density at radius 2 is 2.05 bits per heavy atom. The van der Waals surface area contributed by atoms with Crippen LogP contribution in [0.15, 0.2) is 18.2 Å². The molecule has 2 rings (SSSR count). The summed E-state index contributed by atoms with van der Waals surface area (Å²) in [6, 6.07) is 5.88. The number of likely N-dealkylation sites (N-methyl/N-ethyl adjacent to an activating group) is 1. The van der Waals surface area contributed by atoms with Crippen molar-refractivity contribution in [1.82, 2.24) is 4.90 Å². The smallest absolute Gasteiger partial charge is 0.254 e. The Labute approximate surface area is 120 Å². The second kappa shape index (κ2) is 5.83. The zero-order chi connectivity index (χ0) is 14.8. The first-order valence-corrected chi connectivity index (χ1v) is 7.08. The molecular weight excluding hydrogens is 254 g/mol. The van der Waals surface area contributed by atoms with Crippen molar-refractivity contribution < 1.29 is 14.6 Å². The van der Waals surface area contributed by atoms with Gasteiger partial charge in [-0.25, -0.2) is 0 Å². The highest BCUT2D eigenvalue weighted by atomic mass is 16.5. The summed E-state index contributed by atoms with van der Waals surface area (Å²) in [5.74, 6) is 0.681. The maximum atomic E-state index is 12.3. The standard InChI is InChI=1S/C16H23NO3/c1-12-10-13(6-7-14(12)20-3)11-17(2)15(18)16(19)8-4-5-9-16/h6-7,10,19H,4-5,8-9,11H2,1-3H3. The van der Waals surface area contributed by atoms with Crippen LogP contribution in [0.3, 0.4) is 0 Å². The summed E-state index contributed by atoms with van der Waals surface area (Å²) in [6.07, 6.45) is 3.02. The van der Waals surface area contributed by atoms with Crippen LogP contribution in [0.2, 0.25) is 0 Å². The third-order valence-electron chi connectivity index (χ3n) is 4.05. The zero-order valence-electron chi connectivity index (χ0n) is 12.5. The van der Waals surface area contributed by atoms with E-state index in [2.05, 4.69) is 0 Å². The first-order valence-electron chi connectivity index (χ1n) is 7.08. The van der Waals surface area contributed by atoms with Gasteiger partial charge < -0.3 is 14.7 Å². The van der Waals surface area contributed by atoms with Crippen molar-refractivity contribution in [3.63, 3.8) is 0 Å². The minimum atomic E-state index is -1.14. The number of methoxy groups -OCH3 is 1. The highest BCUT2D eigenvalue weighted by Crippen LogP contribution is 2.31. The highest BCUT2D eigenvalue weighted by Gasteiger charge is 2.40. The molecule has 110 valence electrons. The predicted octanol–water partition coefficient (Wildman–Crippen LogP) is 2.27. The summed E-state index contributed by atoms with van der Waals surface area (Å²) in [4.78, 5) is 13.9. The van der Waals surface area contributed by atoms with Crippen LogP contribution in [-0.2, 0) is 11.3 Å². The molecule has 1 fully saturated rings. The molecular formula is C16H23NO3. The van der Waals surface area contributed by atoms with Gasteiger partial charge in [-0.2, -0.15) is 0 Å². The lowest BCUT2D eigenvalue weighted by atomic mass is 10.0. The first-order chi connectivity index (χ1) is 9.46. The molecule has 4 heteroatoms. The highest BCUT2D eigenvalue weighted by molar-refractivity contribution is 5.85. The van der Waals surface area contributed by atoms with E-state index < -0.39 is 5.60 Å². The van der Waals surface area contributed by atoms with Gasteiger partial charge in [0.25, 0.3) is 5.91 Å². The van der Waals surface area contributed by atoms with E-state index in [9.17, 15) is 9.90 Å². The quantitative estimate of drug-likeness (QED) is 0.918. The van der Waals surface area contributed by atoms with Gasteiger partial charge in [0.05, 0.1) is 7.11 Å². The minimum absolute atomic E-state index is 0.163. The molecule has 1 amide bonds. The first kappa shape index (κ1) is 14.9. The van der Waals surface area contributed by atoms with Crippen molar-refractivity contribution in [3.05, 3.63) is 29.3 Å². The average molecular weight is 277 g/mol. The van der Waals surface area contributed by atoms with Gasteiger partial charge in [0, 0.05) is 13.6 Å². The van der Waals surface area contributed by atoms with Crippen molar-refractivity contribution in [1.29, 1.82) is 0 Å². The molecule has 1 aliphatic rings. The Kier molecular flexibility index (Phi) is 4.33. The third kappa shape index (κ3) is 2.96. The Morgan fingerprint density at radius 3 is 2.60 bits per heavy atom. The Morgan fingerprint density at radius 1 is 1.40 bits per heavy atom. The summed E-state index contributed by atoms with van der Waals surface area (Å²) in [7, 11) is 3.39. The fourth-order valence-electron chi connectivity index (χ4n) is 2.91. The summed E-state index contributed by atoms with van der Waals surface area (Å²) in [5.41, 5.74) is 0.946. The number of carbonyl (C=O) groups excluding carboxylic acids is 1. The van der Waals surface area contributed by atoms with Crippen molar-refractivity contribution in [2.45, 2.75) is 44.8 Å². The Bertz CT molecular complexity index is 492. The molecule has 0 saturated heterocycles. The van der Waals surface area contributed by atoms with Crippen LogP contribution in [0.5, 0.6) is 5.75 Å². The number of nitrogens with zero attached hydrogens (tertiary/aromatic N) is 1. The van der Waals surface area contributed by atoms with E-state index >= 15 is 0 Å². The average Bonchev–Trinajstić information content (AvgIpc) is 2.86. The molecule has 0 atom stereocenters. The molecule has 1 saturated carbocycles. The van der Waals surface area contributed by atoms with Gasteiger partial charge in [-0.1, -0.05) is 12.1 Å². The molecule has 0 spiro atoms. The molecule has 0 heterocycles. The molecule has 1 aliphatic carbocycles. The maximum absolute atomic E-state index is 12.3. The summed E-state index contributed by atoms with van der Waals surface area (Å²) >= 11 is 0. The van der Waals surface area contributed by atoms with Gasteiger partial charge in [0.1, 0.15) is 11.4 Å². The van der Waals surface area contributed by atoms with Gasteiger partial charge >= 0.3 is 0 Å². The topological polar surface area (TPSA) is 49.8 Å². The number of aryl methyl sites for hydroxylation is 1. The monoisotopic (exact) mass is 277 g/mol. The van der Waals surface area contributed by atoms with Crippen LogP contribution >= 0.6 is 0 Å². The lowest BCUT2D eigenvalue weighted by Gasteiger charge is -2.27. The molecule has 0 aliphatic heterocycles. The van der Waals surface area contributed by atoms with E-state index in [-0.39, 0.29) is 5.91 Å². The van der Waals surface area contributed by atoms with E-state index in [1.807, 2.05) is 25.1 Å². The molecule has 20 heavy (non-hydrogen) atoms. The number of hydrogen-bond acceptors (Lipinski definition) is 3. The van der Waals surface area contributed by atoms with Gasteiger partial charge in [-0.15, -0.1) is 0 Å². The van der Waals surface area contributed by atoms with Crippen molar-refractivity contribution in [2.24, 2.45) is 0 Å². The second-order valence-corrected chi connectivity index (χ2v) is 5.70. The summed E-state index contributed by atoms with van der Waals surface area (Å²) in [5, 5.41) is 10.3. The molecule has 1 aromatic carbocycles. The largest absolute Gasteiger partial charge is 0.496 e. The van der Waals surface area contributed by atoms with E-state index in [4.69, 9.17) is 4.74 Å². The second-order valence-electron chi connectivity index (χ2n) is 5.70. The van der Waals surface area contributed by atoms with Crippen molar-refractivity contribution >= 4 is 5.91 Å². The fourth-order valence-corrected chi connectivity index (χ4v) is 2.91. The molecule has 0 unspecified atom stereocenters. The number of amides is 1. The van der Waals surface area contributed by atoms with Crippen molar-refractivity contribution in [3.8, 4) is 5.75 Å². The van der Waals surface area contributed by atoms with E-state index in [0.717, 1.165) is 29.7 Å². The number of ether oxygens (including phenoxy) is 1. The number of hydrogen-bond donors (Lipinski definition) is 1. The van der Waals surface area contributed by atoms with E-state index in [1.54, 1.807) is 19.1 Å². The van der Waals surface area contributed by atoms with Crippen LogP contribution in [0, 0.1) is 6.92 Å². The number of rotatable bonds is 4. The van der Waals surface area contributed by atoms with Crippen LogP contribution in [0.25, 0.3) is 0 Å². The predicted molar refractivity (Wildman–Crippen MR) is 77.6 cm³/mol. The van der Waals surface area contributed by atoms with Gasteiger partial charge in [-0.05, 0) is 49.8 Å². The summed E-state index contributed by atoms with van der Waals surface area (Å²) < 4.78 is 5.23. The molecule has 4 nitrogen and oxygen atoms in total. The van der Waals surface area contributed by atoms with Crippen LogP contribution in [0.1, 0.15) is 36.8 Å². The van der Waals surface area contributed by atoms with E-state index in [0.29, 0.717) is 19.4 Å². The normalized spacial score (nSPS) is 17.0. The third-order valence-corrected chi connectivity index (χ3v) is 4.05. The number of carbonyl (C=O) groups is 1. The molecule has 0 radical (unpaired) electrons. The van der Waals surface area contributed by atoms with Gasteiger partial charge in [0.2, 0.25) is 0 Å². The Balaban J connectivity index is 2.05. The maximum Gasteiger partial charge on any atom is 0.254 e.